The summed E-state index contributed by atoms with van der Waals surface area (Å²) in [6.45, 7) is 3.91. The Balaban J connectivity index is 2.08. The van der Waals surface area contributed by atoms with Gasteiger partial charge in [-0.3, -0.25) is 14.9 Å². The Labute approximate surface area is 128 Å². The van der Waals surface area contributed by atoms with Crippen molar-refractivity contribution in [2.75, 3.05) is 5.32 Å². The fraction of sp³-hybridized carbons (Fsp3) is 0.118. The molecule has 0 aliphatic heterocycles. The Morgan fingerprint density at radius 3 is 2.64 bits per heavy atom. The molecular formula is C17H16N2O3. The van der Waals surface area contributed by atoms with Gasteiger partial charge in [-0.1, -0.05) is 29.8 Å². The van der Waals surface area contributed by atoms with Gasteiger partial charge in [0.25, 0.3) is 5.69 Å². The van der Waals surface area contributed by atoms with Gasteiger partial charge in [-0.2, -0.15) is 0 Å². The Morgan fingerprint density at radius 2 is 1.95 bits per heavy atom. The van der Waals surface area contributed by atoms with E-state index in [2.05, 4.69) is 5.32 Å². The number of aryl methyl sites for hydroxylation is 2. The van der Waals surface area contributed by atoms with Gasteiger partial charge in [0.15, 0.2) is 0 Å². The van der Waals surface area contributed by atoms with Gasteiger partial charge in [0, 0.05) is 23.9 Å². The van der Waals surface area contributed by atoms with Crippen molar-refractivity contribution in [2.24, 2.45) is 0 Å². The minimum Gasteiger partial charge on any atom is -0.322 e. The SMILES string of the molecule is Cc1ccc(NC(=O)/C=C/c2cccc([N+](=O)[O-])c2)c(C)c1. The monoisotopic (exact) mass is 296 g/mol. The molecule has 0 aliphatic rings. The molecule has 5 heteroatoms. The number of carbonyl (C=O) groups is 1. The quantitative estimate of drug-likeness (QED) is 0.529. The number of hydrogen-bond acceptors (Lipinski definition) is 3. The predicted molar refractivity (Wildman–Crippen MR) is 86.7 cm³/mol. The fourth-order valence-corrected chi connectivity index (χ4v) is 2.04. The molecule has 2 rings (SSSR count). The predicted octanol–water partition coefficient (Wildman–Crippen LogP) is 3.86. The summed E-state index contributed by atoms with van der Waals surface area (Å²) in [6, 6.07) is 11.9. The zero-order valence-corrected chi connectivity index (χ0v) is 12.4. The largest absolute Gasteiger partial charge is 0.322 e. The smallest absolute Gasteiger partial charge is 0.270 e. The molecule has 0 spiro atoms. The van der Waals surface area contributed by atoms with E-state index in [-0.39, 0.29) is 11.6 Å². The van der Waals surface area contributed by atoms with Crippen molar-refractivity contribution < 1.29 is 9.72 Å². The minimum atomic E-state index is -0.465. The Kier molecular flexibility index (Phi) is 4.68. The van der Waals surface area contributed by atoms with E-state index in [9.17, 15) is 14.9 Å². The average molecular weight is 296 g/mol. The summed E-state index contributed by atoms with van der Waals surface area (Å²) in [5.74, 6) is -0.279. The van der Waals surface area contributed by atoms with Crippen LogP contribution in [-0.2, 0) is 4.79 Å². The van der Waals surface area contributed by atoms with Crippen molar-refractivity contribution in [3.8, 4) is 0 Å². The zero-order chi connectivity index (χ0) is 16.1. The van der Waals surface area contributed by atoms with E-state index >= 15 is 0 Å². The lowest BCUT2D eigenvalue weighted by atomic mass is 10.1. The van der Waals surface area contributed by atoms with Crippen LogP contribution in [0.15, 0.2) is 48.5 Å². The van der Waals surface area contributed by atoms with Gasteiger partial charge >= 0.3 is 0 Å². The number of nitro groups is 1. The molecule has 1 N–H and O–H groups in total. The molecule has 0 saturated carbocycles. The van der Waals surface area contributed by atoms with Gasteiger partial charge in [-0.25, -0.2) is 0 Å². The van der Waals surface area contributed by atoms with E-state index in [1.54, 1.807) is 18.2 Å². The van der Waals surface area contributed by atoms with Crippen LogP contribution in [0.4, 0.5) is 11.4 Å². The molecule has 22 heavy (non-hydrogen) atoms. The average Bonchev–Trinajstić information content (AvgIpc) is 2.48. The van der Waals surface area contributed by atoms with Gasteiger partial charge < -0.3 is 5.32 Å². The number of carbonyl (C=O) groups excluding carboxylic acids is 1. The molecule has 0 aliphatic carbocycles. The highest BCUT2D eigenvalue weighted by atomic mass is 16.6. The van der Waals surface area contributed by atoms with Crippen LogP contribution in [0.5, 0.6) is 0 Å². The first-order valence-electron chi connectivity index (χ1n) is 6.76. The number of hydrogen-bond donors (Lipinski definition) is 1. The van der Waals surface area contributed by atoms with Crippen molar-refractivity contribution in [1.29, 1.82) is 0 Å². The molecule has 0 fully saturated rings. The number of nitrogens with zero attached hydrogens (tertiary/aromatic N) is 1. The van der Waals surface area contributed by atoms with Gasteiger partial charge in [-0.05, 0) is 37.1 Å². The molecule has 0 atom stereocenters. The highest BCUT2D eigenvalue weighted by Crippen LogP contribution is 2.17. The highest BCUT2D eigenvalue weighted by Gasteiger charge is 2.05. The van der Waals surface area contributed by atoms with Crippen molar-refractivity contribution in [1.82, 2.24) is 0 Å². The maximum Gasteiger partial charge on any atom is 0.270 e. The van der Waals surface area contributed by atoms with Crippen molar-refractivity contribution in [3.05, 3.63) is 75.3 Å². The maximum absolute atomic E-state index is 11.9. The Bertz CT molecular complexity index is 751. The summed E-state index contributed by atoms with van der Waals surface area (Å²) in [4.78, 5) is 22.1. The third kappa shape index (κ3) is 4.02. The number of benzene rings is 2. The van der Waals surface area contributed by atoms with Crippen LogP contribution in [0.1, 0.15) is 16.7 Å². The van der Waals surface area contributed by atoms with E-state index in [4.69, 9.17) is 0 Å². The van der Waals surface area contributed by atoms with Crippen LogP contribution in [0.2, 0.25) is 0 Å². The van der Waals surface area contributed by atoms with E-state index in [1.165, 1.54) is 18.2 Å². The number of anilines is 1. The van der Waals surface area contributed by atoms with Gasteiger partial charge in [0.05, 0.1) is 4.92 Å². The molecule has 2 aromatic carbocycles. The van der Waals surface area contributed by atoms with Gasteiger partial charge in [-0.15, -0.1) is 0 Å². The van der Waals surface area contributed by atoms with E-state index in [0.717, 1.165) is 16.8 Å². The Morgan fingerprint density at radius 1 is 1.18 bits per heavy atom. The third-order valence-electron chi connectivity index (χ3n) is 3.15. The molecular weight excluding hydrogens is 280 g/mol. The first-order valence-corrected chi connectivity index (χ1v) is 6.76. The summed E-state index contributed by atoms with van der Waals surface area (Å²) >= 11 is 0. The molecule has 112 valence electrons. The molecule has 0 unspecified atom stereocenters. The molecule has 5 nitrogen and oxygen atoms in total. The standard InChI is InChI=1S/C17H16N2O3/c1-12-6-8-16(13(2)10-12)18-17(20)9-7-14-4-3-5-15(11-14)19(21)22/h3-11H,1-2H3,(H,18,20)/b9-7+. The van der Waals surface area contributed by atoms with Gasteiger partial charge in [0.2, 0.25) is 5.91 Å². The third-order valence-corrected chi connectivity index (χ3v) is 3.15. The molecule has 0 bridgehead atoms. The lowest BCUT2D eigenvalue weighted by Crippen LogP contribution is -2.08. The second-order valence-corrected chi connectivity index (χ2v) is 4.99. The maximum atomic E-state index is 11.9. The van der Waals surface area contributed by atoms with Crippen molar-refractivity contribution in [2.45, 2.75) is 13.8 Å². The summed E-state index contributed by atoms with van der Waals surface area (Å²) < 4.78 is 0. The lowest BCUT2D eigenvalue weighted by Gasteiger charge is -2.07. The summed E-state index contributed by atoms with van der Waals surface area (Å²) in [7, 11) is 0. The second kappa shape index (κ2) is 6.67. The Hall–Kier alpha value is -2.95. The normalized spacial score (nSPS) is 10.6. The molecule has 0 aromatic heterocycles. The highest BCUT2D eigenvalue weighted by molar-refractivity contribution is 6.02. The lowest BCUT2D eigenvalue weighted by molar-refractivity contribution is -0.384. The van der Waals surface area contributed by atoms with Crippen LogP contribution in [0.25, 0.3) is 6.08 Å². The number of nitrogens with one attached hydrogen (secondary N) is 1. The molecule has 0 heterocycles. The van der Waals surface area contributed by atoms with Gasteiger partial charge in [0.1, 0.15) is 0 Å². The summed E-state index contributed by atoms with van der Waals surface area (Å²) in [5.41, 5.74) is 3.46. The molecule has 0 saturated heterocycles. The van der Waals surface area contributed by atoms with E-state index < -0.39 is 4.92 Å². The number of non-ortho nitro benzene ring substituents is 1. The molecule has 0 radical (unpaired) electrons. The van der Waals surface area contributed by atoms with Crippen molar-refractivity contribution >= 4 is 23.4 Å². The van der Waals surface area contributed by atoms with Crippen LogP contribution in [0, 0.1) is 24.0 Å². The minimum absolute atomic E-state index is 0.00284. The topological polar surface area (TPSA) is 72.2 Å². The molecule has 2 aromatic rings. The van der Waals surface area contributed by atoms with Crippen LogP contribution in [-0.4, -0.2) is 10.8 Å². The second-order valence-electron chi connectivity index (χ2n) is 4.99. The summed E-state index contributed by atoms with van der Waals surface area (Å²) in [5, 5.41) is 13.5. The van der Waals surface area contributed by atoms with Crippen molar-refractivity contribution in [3.63, 3.8) is 0 Å². The number of rotatable bonds is 4. The van der Waals surface area contributed by atoms with Crippen LogP contribution < -0.4 is 5.32 Å². The number of amides is 1. The van der Waals surface area contributed by atoms with Crippen LogP contribution >= 0.6 is 0 Å². The van der Waals surface area contributed by atoms with E-state index in [0.29, 0.717) is 5.56 Å². The van der Waals surface area contributed by atoms with Crippen LogP contribution in [0.3, 0.4) is 0 Å². The van der Waals surface area contributed by atoms with E-state index in [1.807, 2.05) is 32.0 Å². The fourth-order valence-electron chi connectivity index (χ4n) is 2.04. The summed E-state index contributed by atoms with van der Waals surface area (Å²) in [6.07, 6.45) is 2.91. The number of nitro benzene ring substituents is 1. The first kappa shape index (κ1) is 15.4. The molecule has 1 amide bonds. The zero-order valence-electron chi connectivity index (χ0n) is 12.4. The first-order chi connectivity index (χ1) is 10.5.